The molecule has 10 rings (SSSR count). The Hall–Kier alpha value is -6.63. The normalized spacial score (nSPS) is 13.8. The van der Waals surface area contributed by atoms with Crippen LogP contribution in [0.1, 0.15) is 17.3 Å². The average Bonchev–Trinajstić information content (AvgIpc) is 3.60. The molecular formula is C47H32FN3OSi. The van der Waals surface area contributed by atoms with Crippen LogP contribution in [-0.4, -0.2) is 18.0 Å². The lowest BCUT2D eigenvalue weighted by atomic mass is 9.99. The first-order valence-corrected chi connectivity index (χ1v) is 19.8. The average molecular weight is 702 g/mol. The predicted molar refractivity (Wildman–Crippen MR) is 216 cm³/mol. The summed E-state index contributed by atoms with van der Waals surface area (Å²) < 4.78 is 23.7. The number of aromatic nitrogens is 2. The summed E-state index contributed by atoms with van der Waals surface area (Å²) in [5.41, 5.74) is 6.46. The molecule has 53 heavy (non-hydrogen) atoms. The van der Waals surface area contributed by atoms with Gasteiger partial charge in [0.25, 0.3) is 0 Å². The number of halogens is 1. The van der Waals surface area contributed by atoms with Crippen LogP contribution in [0.25, 0.3) is 33.2 Å². The molecule has 6 aromatic carbocycles. The first-order valence-electron chi connectivity index (χ1n) is 17.8. The zero-order valence-electron chi connectivity index (χ0n) is 28.6. The van der Waals surface area contributed by atoms with E-state index < -0.39 is 14.2 Å². The van der Waals surface area contributed by atoms with Crippen LogP contribution in [0.4, 0.5) is 21.6 Å². The van der Waals surface area contributed by atoms with E-state index in [2.05, 4.69) is 101 Å². The quantitative estimate of drug-likeness (QED) is 0.162. The number of hydrogen-bond acceptors (Lipinski definition) is 4. The number of anilines is 3. The van der Waals surface area contributed by atoms with Crippen LogP contribution < -0.4 is 25.6 Å². The Balaban J connectivity index is 1.28. The molecule has 1 atom stereocenters. The zero-order chi connectivity index (χ0) is 35.4. The standard InChI is InChI=1S/C47H32FN3OSi/c48-47(33-15-13-14-32(28-33)39-21-9-11-26-49-39)34-24-25-44-40(29-34)51(46-23-10-12-27-50-46)41-30-38-37-20-7-8-22-42(37)52-43(38)31-45(41)53(44,35-16-3-1-4-17-35)36-18-5-2-6-19-36/h1-31,47H. The van der Waals surface area contributed by atoms with Crippen LogP contribution in [0.15, 0.2) is 193 Å². The van der Waals surface area contributed by atoms with E-state index in [4.69, 9.17) is 9.40 Å². The number of fused-ring (bicyclic) bond motifs is 5. The molecular weight excluding hydrogens is 670 g/mol. The predicted octanol–water partition coefficient (Wildman–Crippen LogP) is 9.26. The fourth-order valence-electron chi connectivity index (χ4n) is 8.21. The van der Waals surface area contributed by atoms with Gasteiger partial charge in [0.15, 0.2) is 14.2 Å². The third-order valence-corrected chi connectivity index (χ3v) is 15.4. The van der Waals surface area contributed by atoms with Gasteiger partial charge in [0.1, 0.15) is 17.0 Å². The van der Waals surface area contributed by atoms with Crippen LogP contribution in [0.2, 0.25) is 0 Å². The van der Waals surface area contributed by atoms with Gasteiger partial charge in [-0.2, -0.15) is 0 Å². The monoisotopic (exact) mass is 701 g/mol. The number of furan rings is 1. The zero-order valence-corrected chi connectivity index (χ0v) is 29.6. The number of para-hydroxylation sites is 1. The van der Waals surface area contributed by atoms with Gasteiger partial charge in [-0.15, -0.1) is 0 Å². The Morgan fingerprint density at radius 3 is 1.92 bits per heavy atom. The van der Waals surface area contributed by atoms with E-state index in [1.165, 1.54) is 15.6 Å². The highest BCUT2D eigenvalue weighted by atomic mass is 28.3. The smallest absolute Gasteiger partial charge is 0.184 e. The Morgan fingerprint density at radius 2 is 1.19 bits per heavy atom. The highest BCUT2D eigenvalue weighted by molar-refractivity contribution is 7.21. The lowest BCUT2D eigenvalue weighted by molar-refractivity contribution is 0.402. The van der Waals surface area contributed by atoms with Crippen molar-refractivity contribution in [2.45, 2.75) is 6.17 Å². The summed E-state index contributed by atoms with van der Waals surface area (Å²) in [6.45, 7) is 0. The van der Waals surface area contributed by atoms with Crippen molar-refractivity contribution in [2.75, 3.05) is 4.90 Å². The Morgan fingerprint density at radius 1 is 0.509 bits per heavy atom. The first kappa shape index (κ1) is 31.1. The highest BCUT2D eigenvalue weighted by Gasteiger charge is 2.49. The summed E-state index contributed by atoms with van der Waals surface area (Å²) in [6.07, 6.45) is 2.21. The van der Waals surface area contributed by atoms with Crippen molar-refractivity contribution in [1.82, 2.24) is 9.97 Å². The van der Waals surface area contributed by atoms with E-state index in [1.807, 2.05) is 91.1 Å². The maximum absolute atomic E-state index is 17.1. The second-order valence-corrected chi connectivity index (χ2v) is 17.2. The molecule has 6 heteroatoms. The largest absolute Gasteiger partial charge is 0.456 e. The minimum Gasteiger partial charge on any atom is -0.456 e. The summed E-state index contributed by atoms with van der Waals surface area (Å²) >= 11 is 0. The maximum atomic E-state index is 17.1. The number of nitrogens with zero attached hydrogens (tertiary/aromatic N) is 3. The number of pyridine rings is 2. The molecule has 3 aromatic heterocycles. The molecule has 0 aliphatic carbocycles. The summed E-state index contributed by atoms with van der Waals surface area (Å²) in [5, 5.41) is 6.89. The molecule has 4 nitrogen and oxygen atoms in total. The number of hydrogen-bond donors (Lipinski definition) is 0. The van der Waals surface area contributed by atoms with E-state index in [1.54, 1.807) is 6.20 Å². The molecule has 0 spiro atoms. The minimum atomic E-state index is -3.07. The second kappa shape index (κ2) is 12.5. The van der Waals surface area contributed by atoms with E-state index >= 15 is 4.39 Å². The maximum Gasteiger partial charge on any atom is 0.184 e. The van der Waals surface area contributed by atoms with E-state index in [0.29, 0.717) is 11.1 Å². The van der Waals surface area contributed by atoms with Gasteiger partial charge in [-0.3, -0.25) is 9.88 Å². The van der Waals surface area contributed by atoms with Crippen molar-refractivity contribution in [3.63, 3.8) is 0 Å². The van der Waals surface area contributed by atoms with Crippen molar-refractivity contribution in [3.8, 4) is 11.3 Å². The molecule has 1 unspecified atom stereocenters. The lowest BCUT2D eigenvalue weighted by Crippen LogP contribution is -2.77. The van der Waals surface area contributed by atoms with Gasteiger partial charge >= 0.3 is 0 Å². The van der Waals surface area contributed by atoms with Gasteiger partial charge in [0.2, 0.25) is 0 Å². The van der Waals surface area contributed by atoms with E-state index in [-0.39, 0.29) is 0 Å². The molecule has 9 aromatic rings. The van der Waals surface area contributed by atoms with Gasteiger partial charge in [0.05, 0.1) is 5.69 Å². The Labute approximate surface area is 307 Å². The van der Waals surface area contributed by atoms with Crippen LogP contribution in [0.3, 0.4) is 0 Å². The molecule has 0 bridgehead atoms. The fourth-order valence-corrected chi connectivity index (χ4v) is 13.3. The molecule has 1 aliphatic heterocycles. The molecule has 0 N–H and O–H groups in total. The van der Waals surface area contributed by atoms with Gasteiger partial charge < -0.3 is 4.42 Å². The minimum absolute atomic E-state index is 0.574. The van der Waals surface area contributed by atoms with Gasteiger partial charge in [0, 0.05) is 40.1 Å². The molecule has 0 saturated carbocycles. The van der Waals surface area contributed by atoms with Gasteiger partial charge in [-0.1, -0.05) is 121 Å². The summed E-state index contributed by atoms with van der Waals surface area (Å²) in [7, 11) is -3.07. The van der Waals surface area contributed by atoms with Gasteiger partial charge in [-0.25, -0.2) is 9.37 Å². The Kier molecular flexibility index (Phi) is 7.37. The molecule has 0 fully saturated rings. The van der Waals surface area contributed by atoms with Gasteiger partial charge in [-0.05, 0) is 86.5 Å². The summed E-state index contributed by atoms with van der Waals surface area (Å²) in [5.74, 6) is 0.760. The van der Waals surface area contributed by atoms with Crippen LogP contribution >= 0.6 is 0 Å². The second-order valence-electron chi connectivity index (χ2n) is 13.4. The molecule has 4 heterocycles. The van der Waals surface area contributed by atoms with Crippen molar-refractivity contribution in [1.29, 1.82) is 0 Å². The van der Waals surface area contributed by atoms with Crippen LogP contribution in [0.5, 0.6) is 0 Å². The number of alkyl halides is 1. The van der Waals surface area contributed by atoms with Crippen LogP contribution in [0, 0.1) is 0 Å². The number of benzene rings is 6. The van der Waals surface area contributed by atoms with Crippen molar-refractivity contribution >= 4 is 68.0 Å². The van der Waals surface area contributed by atoms with Crippen molar-refractivity contribution in [2.24, 2.45) is 0 Å². The van der Waals surface area contributed by atoms with Crippen molar-refractivity contribution in [3.05, 3.63) is 199 Å². The fraction of sp³-hybridized carbons (Fsp3) is 0.0213. The molecule has 0 saturated heterocycles. The topological polar surface area (TPSA) is 42.2 Å². The third-order valence-electron chi connectivity index (χ3n) is 10.5. The third kappa shape index (κ3) is 4.94. The lowest BCUT2D eigenvalue weighted by Gasteiger charge is -2.44. The highest BCUT2D eigenvalue weighted by Crippen LogP contribution is 2.42. The van der Waals surface area contributed by atoms with E-state index in [9.17, 15) is 0 Å². The van der Waals surface area contributed by atoms with Crippen LogP contribution in [-0.2, 0) is 0 Å². The first-order chi connectivity index (χ1) is 26.2. The molecule has 252 valence electrons. The molecule has 0 radical (unpaired) electrons. The Bertz CT molecular complexity index is 2720. The summed E-state index contributed by atoms with van der Waals surface area (Å²) in [4.78, 5) is 11.7. The number of rotatable bonds is 6. The molecule has 0 amide bonds. The molecule has 1 aliphatic rings. The summed E-state index contributed by atoms with van der Waals surface area (Å²) in [6, 6.07) is 60.0. The SMILES string of the molecule is FC(c1cccc(-c2ccccn2)c1)c1ccc2c(c1)N(c1ccccn1)c1cc3c(cc1[Si]2(c1ccccc1)c1ccccc1)oc1ccccc13. The van der Waals surface area contributed by atoms with Crippen molar-refractivity contribution < 1.29 is 8.81 Å². The van der Waals surface area contributed by atoms with E-state index in [0.717, 1.165) is 55.6 Å².